The number of hydrogen-bond acceptors (Lipinski definition) is 0. The van der Waals surface area contributed by atoms with Gasteiger partial charge in [-0.15, -0.1) is 0 Å². The summed E-state index contributed by atoms with van der Waals surface area (Å²) in [5.74, 6) is 0.722. The van der Waals surface area contributed by atoms with Crippen molar-refractivity contribution in [3.8, 4) is 0 Å². The number of benzene rings is 1. The Labute approximate surface area is 118 Å². The predicted molar refractivity (Wildman–Crippen MR) is 84.8 cm³/mol. The molecule has 0 radical (unpaired) electrons. The molecule has 0 N–H and O–H groups in total. The fraction of sp³-hybridized carbons (Fsp3) is 0.579. The second-order valence-electron chi connectivity index (χ2n) is 5.84. The van der Waals surface area contributed by atoms with Gasteiger partial charge in [0.25, 0.3) is 0 Å². The van der Waals surface area contributed by atoms with E-state index in [9.17, 15) is 0 Å². The summed E-state index contributed by atoms with van der Waals surface area (Å²) in [5.41, 5.74) is 4.81. The first-order chi connectivity index (χ1) is 9.35. The van der Waals surface area contributed by atoms with Crippen molar-refractivity contribution in [3.63, 3.8) is 0 Å². The zero-order valence-corrected chi connectivity index (χ0v) is 12.6. The van der Waals surface area contributed by atoms with Gasteiger partial charge < -0.3 is 0 Å². The number of rotatable bonds is 6. The van der Waals surface area contributed by atoms with Gasteiger partial charge in [0.15, 0.2) is 0 Å². The molecule has 19 heavy (non-hydrogen) atoms. The molecule has 1 unspecified atom stereocenters. The Kier molecular flexibility index (Phi) is 5.69. The maximum Gasteiger partial charge on any atom is -0.0127 e. The molecule has 0 heteroatoms. The second kappa shape index (κ2) is 7.53. The summed E-state index contributed by atoms with van der Waals surface area (Å²) in [4.78, 5) is 0. The number of hydrogen-bond donors (Lipinski definition) is 0. The Bertz CT molecular complexity index is 414. The molecule has 1 atom stereocenters. The molecule has 0 aromatic heterocycles. The summed E-state index contributed by atoms with van der Waals surface area (Å²) in [6.07, 6.45) is 15.0. The zero-order valence-electron chi connectivity index (χ0n) is 12.6. The van der Waals surface area contributed by atoms with E-state index >= 15 is 0 Å². The molecular formula is C19H28. The molecule has 0 fully saturated rings. The van der Waals surface area contributed by atoms with Gasteiger partial charge in [-0.2, -0.15) is 0 Å². The largest absolute Gasteiger partial charge is 0.0888 e. The summed E-state index contributed by atoms with van der Waals surface area (Å²) >= 11 is 0. The molecule has 0 spiro atoms. The van der Waals surface area contributed by atoms with Gasteiger partial charge in [0.05, 0.1) is 0 Å². The maximum atomic E-state index is 2.51. The van der Waals surface area contributed by atoms with E-state index in [1.54, 1.807) is 16.7 Å². The Morgan fingerprint density at radius 1 is 1.05 bits per heavy atom. The standard InChI is InChI=1S/C19H28/c1-3-5-6-10-16(9-4-2)19-14-13-17-11-7-8-12-18(17)15-19/h5-6,13-16H,3-4,7-12H2,1-2H3/b6-5-. The summed E-state index contributed by atoms with van der Waals surface area (Å²) in [6, 6.07) is 7.30. The van der Waals surface area contributed by atoms with Crippen LogP contribution >= 0.6 is 0 Å². The highest BCUT2D eigenvalue weighted by Crippen LogP contribution is 2.30. The van der Waals surface area contributed by atoms with E-state index < -0.39 is 0 Å². The van der Waals surface area contributed by atoms with Gasteiger partial charge in [-0.3, -0.25) is 0 Å². The van der Waals surface area contributed by atoms with Crippen LogP contribution in [0.25, 0.3) is 0 Å². The van der Waals surface area contributed by atoms with E-state index in [-0.39, 0.29) is 0 Å². The molecule has 2 rings (SSSR count). The lowest BCUT2D eigenvalue weighted by Gasteiger charge is -2.20. The van der Waals surface area contributed by atoms with E-state index in [1.165, 1.54) is 44.9 Å². The van der Waals surface area contributed by atoms with Crippen LogP contribution in [-0.2, 0) is 12.8 Å². The van der Waals surface area contributed by atoms with E-state index in [0.717, 1.165) is 12.3 Å². The Hall–Kier alpha value is -1.04. The molecule has 0 nitrogen and oxygen atoms in total. The molecule has 1 aromatic carbocycles. The topological polar surface area (TPSA) is 0 Å². The van der Waals surface area contributed by atoms with Gasteiger partial charge in [-0.1, -0.05) is 50.6 Å². The molecule has 0 saturated carbocycles. The van der Waals surface area contributed by atoms with Crippen molar-refractivity contribution >= 4 is 0 Å². The fourth-order valence-electron chi connectivity index (χ4n) is 3.20. The SMILES string of the molecule is CC/C=C\CC(CCC)c1ccc2c(c1)CCCC2. The smallest absolute Gasteiger partial charge is 0.0127 e. The molecule has 0 aliphatic heterocycles. The quantitative estimate of drug-likeness (QED) is 0.564. The molecule has 1 aliphatic rings. The van der Waals surface area contributed by atoms with E-state index in [1.807, 2.05) is 0 Å². The molecule has 104 valence electrons. The van der Waals surface area contributed by atoms with Gasteiger partial charge >= 0.3 is 0 Å². The second-order valence-corrected chi connectivity index (χ2v) is 5.84. The summed E-state index contributed by atoms with van der Waals surface area (Å²) < 4.78 is 0. The van der Waals surface area contributed by atoms with Crippen molar-refractivity contribution in [2.75, 3.05) is 0 Å². The molecule has 0 heterocycles. The van der Waals surface area contributed by atoms with Crippen molar-refractivity contribution in [1.82, 2.24) is 0 Å². The Morgan fingerprint density at radius 3 is 2.58 bits per heavy atom. The van der Waals surface area contributed by atoms with Crippen LogP contribution in [-0.4, -0.2) is 0 Å². The first-order valence-corrected chi connectivity index (χ1v) is 8.11. The molecule has 0 saturated heterocycles. The van der Waals surface area contributed by atoms with Gasteiger partial charge in [0, 0.05) is 0 Å². The van der Waals surface area contributed by atoms with Crippen LogP contribution < -0.4 is 0 Å². The predicted octanol–water partition coefficient (Wildman–Crippen LogP) is 5.81. The number of fused-ring (bicyclic) bond motifs is 1. The van der Waals surface area contributed by atoms with Crippen LogP contribution in [0.3, 0.4) is 0 Å². The average Bonchev–Trinajstić information content (AvgIpc) is 2.46. The van der Waals surface area contributed by atoms with Crippen LogP contribution in [0, 0.1) is 0 Å². The minimum Gasteiger partial charge on any atom is -0.0888 e. The summed E-state index contributed by atoms with van der Waals surface area (Å²) in [5, 5.41) is 0. The minimum absolute atomic E-state index is 0.722. The molecule has 0 bridgehead atoms. The van der Waals surface area contributed by atoms with Gasteiger partial charge in [0.2, 0.25) is 0 Å². The van der Waals surface area contributed by atoms with E-state index in [2.05, 4.69) is 44.2 Å². The molecule has 1 aromatic rings. The third-order valence-corrected chi connectivity index (χ3v) is 4.30. The summed E-state index contributed by atoms with van der Waals surface area (Å²) in [6.45, 7) is 4.51. The highest BCUT2D eigenvalue weighted by molar-refractivity contribution is 5.35. The molecule has 0 amide bonds. The van der Waals surface area contributed by atoms with Gasteiger partial charge in [-0.05, 0) is 67.6 Å². The fourth-order valence-corrected chi connectivity index (χ4v) is 3.20. The third-order valence-electron chi connectivity index (χ3n) is 4.30. The van der Waals surface area contributed by atoms with Crippen molar-refractivity contribution in [2.24, 2.45) is 0 Å². The third kappa shape index (κ3) is 3.96. The zero-order chi connectivity index (χ0) is 13.5. The van der Waals surface area contributed by atoms with Crippen LogP contribution in [0.1, 0.15) is 75.0 Å². The average molecular weight is 256 g/mol. The number of aryl methyl sites for hydroxylation is 2. The van der Waals surface area contributed by atoms with Crippen molar-refractivity contribution in [1.29, 1.82) is 0 Å². The molecular weight excluding hydrogens is 228 g/mol. The van der Waals surface area contributed by atoms with Crippen molar-refractivity contribution in [2.45, 2.75) is 71.1 Å². The number of allylic oxidation sites excluding steroid dienone is 2. The summed E-state index contributed by atoms with van der Waals surface area (Å²) in [7, 11) is 0. The first-order valence-electron chi connectivity index (χ1n) is 8.11. The van der Waals surface area contributed by atoms with E-state index in [4.69, 9.17) is 0 Å². The normalized spacial score (nSPS) is 16.5. The Balaban J connectivity index is 2.13. The van der Waals surface area contributed by atoms with Gasteiger partial charge in [-0.25, -0.2) is 0 Å². The lowest BCUT2D eigenvalue weighted by atomic mass is 9.85. The maximum absolute atomic E-state index is 2.51. The van der Waals surface area contributed by atoms with E-state index in [0.29, 0.717) is 0 Å². The van der Waals surface area contributed by atoms with Crippen LogP contribution in [0.15, 0.2) is 30.4 Å². The molecule has 1 aliphatic carbocycles. The first kappa shape index (κ1) is 14.4. The highest BCUT2D eigenvalue weighted by atomic mass is 14.2. The van der Waals surface area contributed by atoms with Crippen molar-refractivity contribution in [3.05, 3.63) is 47.0 Å². The van der Waals surface area contributed by atoms with Gasteiger partial charge in [0.1, 0.15) is 0 Å². The lowest BCUT2D eigenvalue weighted by molar-refractivity contribution is 0.615. The monoisotopic (exact) mass is 256 g/mol. The highest BCUT2D eigenvalue weighted by Gasteiger charge is 2.14. The lowest BCUT2D eigenvalue weighted by Crippen LogP contribution is -2.05. The van der Waals surface area contributed by atoms with Crippen LogP contribution in [0.4, 0.5) is 0 Å². The van der Waals surface area contributed by atoms with Crippen LogP contribution in [0.5, 0.6) is 0 Å². The van der Waals surface area contributed by atoms with Crippen molar-refractivity contribution < 1.29 is 0 Å². The Morgan fingerprint density at radius 2 is 1.84 bits per heavy atom. The van der Waals surface area contributed by atoms with Crippen LogP contribution in [0.2, 0.25) is 0 Å². The minimum atomic E-state index is 0.722.